The minimum atomic E-state index is 0.847. The monoisotopic (exact) mass is 255 g/mol. The number of nitrogens with zero attached hydrogens (tertiary/aromatic N) is 1. The van der Waals surface area contributed by atoms with Gasteiger partial charge >= 0.3 is 0 Å². The molecular formula is C17H21NO. The summed E-state index contributed by atoms with van der Waals surface area (Å²) in [5.41, 5.74) is 2.12. The molecule has 0 aliphatic heterocycles. The van der Waals surface area contributed by atoms with Gasteiger partial charge in [-0.05, 0) is 37.5 Å². The summed E-state index contributed by atoms with van der Waals surface area (Å²) in [6.07, 6.45) is 10.4. The molecule has 0 N–H and O–H groups in total. The van der Waals surface area contributed by atoms with Gasteiger partial charge < -0.3 is 4.74 Å². The first-order valence-corrected chi connectivity index (χ1v) is 6.97. The molecule has 0 saturated heterocycles. The fourth-order valence-corrected chi connectivity index (χ4v) is 1.97. The highest BCUT2D eigenvalue weighted by Gasteiger charge is 2.09. The predicted octanol–water partition coefficient (Wildman–Crippen LogP) is 5.19. The Morgan fingerprint density at radius 1 is 1.32 bits per heavy atom. The summed E-state index contributed by atoms with van der Waals surface area (Å²) in [6, 6.07) is 7.96. The van der Waals surface area contributed by atoms with Crippen LogP contribution < -0.4 is 4.74 Å². The maximum atomic E-state index is 6.04. The van der Waals surface area contributed by atoms with Crippen molar-refractivity contribution in [3.63, 3.8) is 0 Å². The van der Waals surface area contributed by atoms with Crippen molar-refractivity contribution in [2.24, 2.45) is 4.99 Å². The van der Waals surface area contributed by atoms with Gasteiger partial charge in [0.25, 0.3) is 0 Å². The molecule has 0 amide bonds. The molecule has 0 fully saturated rings. The van der Waals surface area contributed by atoms with E-state index in [1.165, 1.54) is 5.57 Å². The van der Waals surface area contributed by atoms with E-state index in [2.05, 4.69) is 31.0 Å². The van der Waals surface area contributed by atoms with Crippen molar-refractivity contribution in [1.82, 2.24) is 0 Å². The molecule has 0 heterocycles. The molecule has 1 aromatic carbocycles. The Balaban J connectivity index is 2.18. The van der Waals surface area contributed by atoms with Gasteiger partial charge in [0.05, 0.1) is 0 Å². The van der Waals surface area contributed by atoms with E-state index < -0.39 is 0 Å². The second-order valence-corrected chi connectivity index (χ2v) is 4.72. The van der Waals surface area contributed by atoms with E-state index in [1.807, 2.05) is 30.5 Å². The molecule has 0 unspecified atom stereocenters. The highest BCUT2D eigenvalue weighted by atomic mass is 16.5. The lowest BCUT2D eigenvalue weighted by atomic mass is 10.1. The van der Waals surface area contributed by atoms with Gasteiger partial charge in [-0.1, -0.05) is 37.6 Å². The van der Waals surface area contributed by atoms with E-state index in [0.29, 0.717) is 0 Å². The topological polar surface area (TPSA) is 21.6 Å². The molecule has 0 saturated carbocycles. The summed E-state index contributed by atoms with van der Waals surface area (Å²) >= 11 is 0. The Kier molecular flexibility index (Phi) is 4.96. The molecule has 1 aliphatic rings. The number of aliphatic imine (C=N–C) groups is 1. The zero-order valence-corrected chi connectivity index (χ0v) is 11.7. The van der Waals surface area contributed by atoms with Crippen LogP contribution in [0.1, 0.15) is 39.5 Å². The van der Waals surface area contributed by atoms with Crippen LogP contribution in [0.25, 0.3) is 0 Å². The second kappa shape index (κ2) is 6.93. The van der Waals surface area contributed by atoms with Crippen molar-refractivity contribution in [2.45, 2.75) is 39.5 Å². The van der Waals surface area contributed by atoms with Crippen molar-refractivity contribution in [3.05, 3.63) is 47.7 Å². The van der Waals surface area contributed by atoms with Crippen LogP contribution in [0.4, 0.5) is 5.69 Å². The van der Waals surface area contributed by atoms with Gasteiger partial charge in [0.2, 0.25) is 0 Å². The zero-order valence-electron chi connectivity index (χ0n) is 11.7. The molecule has 0 aromatic heterocycles. The van der Waals surface area contributed by atoms with Crippen molar-refractivity contribution < 1.29 is 4.74 Å². The standard InChI is InChI=1S/C17H21NO/c1-3-4-13-18-15-10-6-8-12-17(15)19-16-11-7-5-9-14(16)2/h5-6,8-10,12-13H,3-4,7,11H2,1-2H3. The molecule has 0 spiro atoms. The van der Waals surface area contributed by atoms with Crippen molar-refractivity contribution in [1.29, 1.82) is 0 Å². The summed E-state index contributed by atoms with van der Waals surface area (Å²) in [5, 5.41) is 0. The Hall–Kier alpha value is -1.83. The lowest BCUT2D eigenvalue weighted by molar-refractivity contribution is 0.398. The van der Waals surface area contributed by atoms with Crippen LogP contribution in [0.15, 0.2) is 52.7 Å². The predicted molar refractivity (Wildman–Crippen MR) is 81.2 cm³/mol. The number of para-hydroxylation sites is 2. The maximum Gasteiger partial charge on any atom is 0.152 e. The smallest absolute Gasteiger partial charge is 0.152 e. The molecule has 1 aromatic rings. The van der Waals surface area contributed by atoms with Gasteiger partial charge in [-0.3, -0.25) is 4.99 Å². The molecule has 0 bridgehead atoms. The molecular weight excluding hydrogens is 234 g/mol. The lowest BCUT2D eigenvalue weighted by Crippen LogP contribution is -2.01. The average Bonchev–Trinajstić information content (AvgIpc) is 2.43. The van der Waals surface area contributed by atoms with Crippen LogP contribution in [-0.2, 0) is 0 Å². The van der Waals surface area contributed by atoms with E-state index in [4.69, 9.17) is 4.74 Å². The van der Waals surface area contributed by atoms with Crippen molar-refractivity contribution >= 4 is 11.9 Å². The fourth-order valence-electron chi connectivity index (χ4n) is 1.97. The first-order chi connectivity index (χ1) is 9.31. The van der Waals surface area contributed by atoms with Gasteiger partial charge in [-0.25, -0.2) is 0 Å². The minimum absolute atomic E-state index is 0.847. The highest BCUT2D eigenvalue weighted by molar-refractivity contribution is 5.66. The third-order valence-electron chi connectivity index (χ3n) is 3.09. The number of unbranched alkanes of at least 4 members (excludes halogenated alkanes) is 1. The van der Waals surface area contributed by atoms with E-state index >= 15 is 0 Å². The lowest BCUT2D eigenvalue weighted by Gasteiger charge is -2.15. The fraction of sp³-hybridized carbons (Fsp3) is 0.353. The van der Waals surface area contributed by atoms with E-state index in [-0.39, 0.29) is 0 Å². The summed E-state index contributed by atoms with van der Waals surface area (Å²) in [4.78, 5) is 4.50. The van der Waals surface area contributed by atoms with Gasteiger partial charge in [-0.15, -0.1) is 0 Å². The summed E-state index contributed by atoms with van der Waals surface area (Å²) < 4.78 is 6.04. The first-order valence-electron chi connectivity index (χ1n) is 6.97. The Morgan fingerprint density at radius 2 is 2.16 bits per heavy atom. The third kappa shape index (κ3) is 3.82. The largest absolute Gasteiger partial charge is 0.459 e. The number of allylic oxidation sites excluding steroid dienone is 4. The van der Waals surface area contributed by atoms with E-state index in [0.717, 1.165) is 42.9 Å². The van der Waals surface area contributed by atoms with Crippen LogP contribution in [-0.4, -0.2) is 6.21 Å². The van der Waals surface area contributed by atoms with Crippen LogP contribution in [0.2, 0.25) is 0 Å². The van der Waals surface area contributed by atoms with Crippen LogP contribution in [0.5, 0.6) is 5.75 Å². The van der Waals surface area contributed by atoms with Crippen LogP contribution in [0, 0.1) is 0 Å². The van der Waals surface area contributed by atoms with Crippen molar-refractivity contribution in [2.75, 3.05) is 0 Å². The number of benzene rings is 1. The number of rotatable bonds is 5. The normalized spacial score (nSPS) is 15.3. The quantitative estimate of drug-likeness (QED) is 0.663. The number of hydrogen-bond acceptors (Lipinski definition) is 2. The van der Waals surface area contributed by atoms with E-state index in [1.54, 1.807) is 0 Å². The van der Waals surface area contributed by atoms with E-state index in [9.17, 15) is 0 Å². The van der Waals surface area contributed by atoms with Crippen LogP contribution in [0.3, 0.4) is 0 Å². The molecule has 0 radical (unpaired) electrons. The SMILES string of the molecule is CCCC=Nc1ccccc1OC1=C(C)C=CCC1. The third-order valence-corrected chi connectivity index (χ3v) is 3.09. The summed E-state index contributed by atoms with van der Waals surface area (Å²) in [6.45, 7) is 4.24. The first kappa shape index (κ1) is 13.6. The Labute approximate surface area is 115 Å². The van der Waals surface area contributed by atoms with Crippen LogP contribution >= 0.6 is 0 Å². The van der Waals surface area contributed by atoms with Gasteiger partial charge in [0, 0.05) is 12.6 Å². The molecule has 1 aliphatic carbocycles. The zero-order chi connectivity index (χ0) is 13.5. The number of hydrogen-bond donors (Lipinski definition) is 0. The average molecular weight is 255 g/mol. The highest BCUT2D eigenvalue weighted by Crippen LogP contribution is 2.31. The molecule has 0 atom stereocenters. The molecule has 2 heteroatoms. The molecule has 2 rings (SSSR count). The van der Waals surface area contributed by atoms with Crippen molar-refractivity contribution in [3.8, 4) is 5.75 Å². The summed E-state index contributed by atoms with van der Waals surface area (Å²) in [5.74, 6) is 1.90. The molecule has 19 heavy (non-hydrogen) atoms. The second-order valence-electron chi connectivity index (χ2n) is 4.72. The Bertz CT molecular complexity index is 512. The molecule has 2 nitrogen and oxygen atoms in total. The maximum absolute atomic E-state index is 6.04. The molecule has 100 valence electrons. The minimum Gasteiger partial charge on any atom is -0.459 e. The van der Waals surface area contributed by atoms with Gasteiger partial charge in [0.1, 0.15) is 11.4 Å². The van der Waals surface area contributed by atoms with Gasteiger partial charge in [-0.2, -0.15) is 0 Å². The van der Waals surface area contributed by atoms with Gasteiger partial charge in [0.15, 0.2) is 5.75 Å². The summed E-state index contributed by atoms with van der Waals surface area (Å²) in [7, 11) is 0. The number of ether oxygens (including phenoxy) is 1. The Morgan fingerprint density at radius 3 is 2.95 bits per heavy atom.